The van der Waals surface area contributed by atoms with Gasteiger partial charge in [-0.25, -0.2) is 0 Å². The molecule has 1 heterocycles. The molecule has 0 unspecified atom stereocenters. The highest BCUT2D eigenvalue weighted by Gasteiger charge is 2.33. The molecule has 1 aliphatic carbocycles. The van der Waals surface area contributed by atoms with E-state index < -0.39 is 0 Å². The highest BCUT2D eigenvalue weighted by atomic mass is 16.5. The van der Waals surface area contributed by atoms with Crippen molar-refractivity contribution in [3.8, 4) is 0 Å². The second kappa shape index (κ2) is 1.71. The summed E-state index contributed by atoms with van der Waals surface area (Å²) in [6, 6.07) is 0. The molecule has 1 saturated heterocycles. The molecule has 2 aliphatic rings. The van der Waals surface area contributed by atoms with Gasteiger partial charge in [0.15, 0.2) is 0 Å². The van der Waals surface area contributed by atoms with Gasteiger partial charge in [-0.2, -0.15) is 0 Å². The van der Waals surface area contributed by atoms with Gasteiger partial charge in [-0.3, -0.25) is 5.32 Å². The van der Waals surface area contributed by atoms with Crippen LogP contribution < -0.4 is 5.32 Å². The normalized spacial score (nSPS) is 38.2. The van der Waals surface area contributed by atoms with Gasteiger partial charge >= 0.3 is 0 Å². The summed E-state index contributed by atoms with van der Waals surface area (Å²) >= 11 is 0. The Hall–Kier alpha value is -0.0800. The third kappa shape index (κ3) is 0.740. The first kappa shape index (κ1) is 4.77. The molecule has 1 saturated carbocycles. The summed E-state index contributed by atoms with van der Waals surface area (Å²) in [6.07, 6.45) is 3.17. The van der Waals surface area contributed by atoms with Crippen LogP contribution in [0, 0.1) is 5.92 Å². The van der Waals surface area contributed by atoms with Gasteiger partial charge in [-0.1, -0.05) is 0 Å². The summed E-state index contributed by atoms with van der Waals surface area (Å²) in [7, 11) is 0. The standard InChI is InChI=1S/C6H11NO/c1-2-5(1)6-7-3-4-8-6/h5-7H,1-4H2/t6-/m0/s1. The average Bonchev–Trinajstić information content (AvgIpc) is 2.49. The van der Waals surface area contributed by atoms with E-state index >= 15 is 0 Å². The number of nitrogens with one attached hydrogen (secondary N) is 1. The zero-order valence-corrected chi connectivity index (χ0v) is 4.89. The lowest BCUT2D eigenvalue weighted by Gasteiger charge is -2.05. The van der Waals surface area contributed by atoms with Gasteiger partial charge in [-0.05, 0) is 18.8 Å². The Kier molecular flexibility index (Phi) is 1.02. The second-order valence-electron chi connectivity index (χ2n) is 2.58. The Morgan fingerprint density at radius 3 is 2.75 bits per heavy atom. The molecule has 2 fully saturated rings. The molecule has 0 spiro atoms. The third-order valence-corrected chi connectivity index (χ3v) is 1.80. The number of hydrogen-bond acceptors (Lipinski definition) is 2. The summed E-state index contributed by atoms with van der Waals surface area (Å²) in [4.78, 5) is 0. The monoisotopic (exact) mass is 113 g/mol. The van der Waals surface area contributed by atoms with Gasteiger partial charge in [0.2, 0.25) is 0 Å². The van der Waals surface area contributed by atoms with Crippen molar-refractivity contribution in [3.63, 3.8) is 0 Å². The molecule has 46 valence electrons. The van der Waals surface area contributed by atoms with Crippen molar-refractivity contribution in [2.75, 3.05) is 13.2 Å². The number of rotatable bonds is 1. The van der Waals surface area contributed by atoms with Crippen LogP contribution >= 0.6 is 0 Å². The van der Waals surface area contributed by atoms with Crippen LogP contribution in [-0.4, -0.2) is 19.4 Å². The molecule has 0 radical (unpaired) electrons. The highest BCUT2D eigenvalue weighted by molar-refractivity contribution is 4.82. The van der Waals surface area contributed by atoms with Crippen molar-refractivity contribution >= 4 is 0 Å². The first-order chi connectivity index (χ1) is 3.97. The van der Waals surface area contributed by atoms with Crippen LogP contribution in [0.25, 0.3) is 0 Å². The Morgan fingerprint density at radius 1 is 1.38 bits per heavy atom. The molecule has 0 aromatic rings. The smallest absolute Gasteiger partial charge is 0.111 e. The predicted molar refractivity (Wildman–Crippen MR) is 30.5 cm³/mol. The first-order valence-electron chi connectivity index (χ1n) is 3.32. The minimum Gasteiger partial charge on any atom is -0.362 e. The highest BCUT2D eigenvalue weighted by Crippen LogP contribution is 2.33. The molecule has 0 aromatic carbocycles. The lowest BCUT2D eigenvalue weighted by Crippen LogP contribution is -2.24. The predicted octanol–water partition coefficient (Wildman–Crippen LogP) is 0.342. The van der Waals surface area contributed by atoms with E-state index in [0.717, 1.165) is 19.1 Å². The van der Waals surface area contributed by atoms with Gasteiger partial charge in [0.05, 0.1) is 6.61 Å². The molecule has 0 amide bonds. The summed E-state index contributed by atoms with van der Waals surface area (Å²) in [5, 5.41) is 3.30. The van der Waals surface area contributed by atoms with Crippen LogP contribution in [0.2, 0.25) is 0 Å². The van der Waals surface area contributed by atoms with Crippen LogP contribution in [0.5, 0.6) is 0 Å². The molecule has 0 bridgehead atoms. The van der Waals surface area contributed by atoms with Gasteiger partial charge in [0.25, 0.3) is 0 Å². The Morgan fingerprint density at radius 2 is 2.25 bits per heavy atom. The maximum Gasteiger partial charge on any atom is 0.111 e. The third-order valence-electron chi connectivity index (χ3n) is 1.80. The topological polar surface area (TPSA) is 21.3 Å². The average molecular weight is 113 g/mol. The number of hydrogen-bond donors (Lipinski definition) is 1. The van der Waals surface area contributed by atoms with E-state index in [2.05, 4.69) is 5.32 Å². The SMILES string of the molecule is C1CO[C@@H](C2CC2)N1. The van der Waals surface area contributed by atoms with E-state index in [1.54, 1.807) is 0 Å². The molecule has 2 rings (SSSR count). The molecule has 1 N–H and O–H groups in total. The molecular formula is C6H11NO. The summed E-state index contributed by atoms with van der Waals surface area (Å²) in [5.41, 5.74) is 0. The van der Waals surface area contributed by atoms with Crippen molar-refractivity contribution in [1.82, 2.24) is 5.32 Å². The van der Waals surface area contributed by atoms with E-state index in [-0.39, 0.29) is 0 Å². The van der Waals surface area contributed by atoms with Crippen molar-refractivity contribution in [3.05, 3.63) is 0 Å². The van der Waals surface area contributed by atoms with Gasteiger partial charge in [0, 0.05) is 6.54 Å². The van der Waals surface area contributed by atoms with Crippen molar-refractivity contribution < 1.29 is 4.74 Å². The molecule has 1 atom stereocenters. The second-order valence-corrected chi connectivity index (χ2v) is 2.58. The summed E-state index contributed by atoms with van der Waals surface area (Å²) in [6.45, 7) is 1.97. The molecule has 2 heteroatoms. The summed E-state index contributed by atoms with van der Waals surface area (Å²) < 4.78 is 5.37. The minimum absolute atomic E-state index is 0.426. The maximum absolute atomic E-state index is 5.37. The first-order valence-corrected chi connectivity index (χ1v) is 3.32. The molecule has 8 heavy (non-hydrogen) atoms. The van der Waals surface area contributed by atoms with Gasteiger partial charge in [-0.15, -0.1) is 0 Å². The van der Waals surface area contributed by atoms with Crippen LogP contribution in [-0.2, 0) is 4.74 Å². The maximum atomic E-state index is 5.37. The Balaban J connectivity index is 1.86. The van der Waals surface area contributed by atoms with Gasteiger partial charge in [0.1, 0.15) is 6.23 Å². The lowest BCUT2D eigenvalue weighted by molar-refractivity contribution is 0.0839. The molecular weight excluding hydrogens is 102 g/mol. The lowest BCUT2D eigenvalue weighted by atomic mass is 10.4. The molecule has 1 aliphatic heterocycles. The van der Waals surface area contributed by atoms with Gasteiger partial charge < -0.3 is 4.74 Å². The zero-order valence-electron chi connectivity index (χ0n) is 4.89. The van der Waals surface area contributed by atoms with Crippen LogP contribution in [0.3, 0.4) is 0 Å². The van der Waals surface area contributed by atoms with Crippen molar-refractivity contribution in [2.24, 2.45) is 5.92 Å². The van der Waals surface area contributed by atoms with E-state index in [1.165, 1.54) is 12.8 Å². The van der Waals surface area contributed by atoms with E-state index in [0.29, 0.717) is 6.23 Å². The van der Waals surface area contributed by atoms with E-state index in [9.17, 15) is 0 Å². The fourth-order valence-corrected chi connectivity index (χ4v) is 1.15. The Labute approximate surface area is 49.2 Å². The zero-order chi connectivity index (χ0) is 5.40. The molecule has 0 aromatic heterocycles. The van der Waals surface area contributed by atoms with E-state index in [4.69, 9.17) is 4.74 Å². The Bertz CT molecular complexity index is 84.5. The van der Waals surface area contributed by atoms with E-state index in [1.807, 2.05) is 0 Å². The molecule has 2 nitrogen and oxygen atoms in total. The van der Waals surface area contributed by atoms with Crippen LogP contribution in [0.15, 0.2) is 0 Å². The quantitative estimate of drug-likeness (QED) is 0.529. The van der Waals surface area contributed by atoms with Crippen molar-refractivity contribution in [1.29, 1.82) is 0 Å². The fourth-order valence-electron chi connectivity index (χ4n) is 1.15. The largest absolute Gasteiger partial charge is 0.362 e. The van der Waals surface area contributed by atoms with Crippen LogP contribution in [0.4, 0.5) is 0 Å². The number of ether oxygens (including phenoxy) is 1. The van der Waals surface area contributed by atoms with Crippen molar-refractivity contribution in [2.45, 2.75) is 19.1 Å². The minimum atomic E-state index is 0.426. The fraction of sp³-hybridized carbons (Fsp3) is 1.00. The van der Waals surface area contributed by atoms with Crippen LogP contribution in [0.1, 0.15) is 12.8 Å². The summed E-state index contributed by atoms with van der Waals surface area (Å²) in [5.74, 6) is 0.859.